The van der Waals surface area contributed by atoms with E-state index >= 15 is 0 Å². The van der Waals surface area contributed by atoms with Crippen LogP contribution in [0.2, 0.25) is 0 Å². The van der Waals surface area contributed by atoms with Gasteiger partial charge >= 0.3 is 0 Å². The summed E-state index contributed by atoms with van der Waals surface area (Å²) < 4.78 is 0. The van der Waals surface area contributed by atoms with E-state index in [0.29, 0.717) is 5.56 Å². The Morgan fingerprint density at radius 1 is 1.37 bits per heavy atom. The van der Waals surface area contributed by atoms with Crippen LogP contribution in [0, 0.1) is 5.92 Å². The van der Waals surface area contributed by atoms with E-state index in [1.165, 1.54) is 19.3 Å². The van der Waals surface area contributed by atoms with E-state index in [1.807, 2.05) is 24.3 Å². The maximum atomic E-state index is 11.8. The van der Waals surface area contributed by atoms with Crippen molar-refractivity contribution in [2.75, 3.05) is 18.5 Å². The van der Waals surface area contributed by atoms with E-state index in [1.54, 1.807) is 6.92 Å². The summed E-state index contributed by atoms with van der Waals surface area (Å²) in [6.45, 7) is 2.74. The molecule has 0 radical (unpaired) electrons. The minimum atomic E-state index is -0.219. The fraction of sp³-hybridized carbons (Fsp3) is 0.533. The molecule has 1 fully saturated rings. The first-order chi connectivity index (χ1) is 9.19. The van der Waals surface area contributed by atoms with Crippen LogP contribution in [-0.2, 0) is 0 Å². The van der Waals surface area contributed by atoms with Crippen LogP contribution < -0.4 is 10.6 Å². The minimum absolute atomic E-state index is 0.0488. The van der Waals surface area contributed by atoms with Gasteiger partial charge in [-0.2, -0.15) is 0 Å². The molecule has 2 rings (SSSR count). The summed E-state index contributed by atoms with van der Waals surface area (Å²) in [7, 11) is 0. The summed E-state index contributed by atoms with van der Waals surface area (Å²) in [6, 6.07) is 7.25. The van der Waals surface area contributed by atoms with Gasteiger partial charge < -0.3 is 15.7 Å². The van der Waals surface area contributed by atoms with Crippen LogP contribution in [0.1, 0.15) is 36.5 Å². The van der Waals surface area contributed by atoms with Crippen LogP contribution in [0.25, 0.3) is 0 Å². The zero-order valence-corrected chi connectivity index (χ0v) is 11.4. The molecular formula is C15H22N2O2. The zero-order valence-electron chi connectivity index (χ0n) is 11.4. The molecule has 1 aromatic carbocycles. The summed E-state index contributed by atoms with van der Waals surface area (Å²) in [4.78, 5) is 11.8. The normalized spacial score (nSPS) is 16.5. The molecule has 0 aliphatic heterocycles. The van der Waals surface area contributed by atoms with Crippen LogP contribution in [0.4, 0.5) is 5.69 Å². The van der Waals surface area contributed by atoms with Crippen molar-refractivity contribution in [3.05, 3.63) is 29.8 Å². The molecule has 1 aromatic rings. The first-order valence-corrected chi connectivity index (χ1v) is 6.94. The molecule has 4 heteroatoms. The van der Waals surface area contributed by atoms with E-state index in [9.17, 15) is 4.79 Å². The van der Waals surface area contributed by atoms with Crippen LogP contribution in [0.3, 0.4) is 0 Å². The van der Waals surface area contributed by atoms with Gasteiger partial charge in [-0.3, -0.25) is 4.79 Å². The third-order valence-electron chi connectivity index (χ3n) is 3.62. The molecule has 0 bridgehead atoms. The molecule has 1 aliphatic carbocycles. The van der Waals surface area contributed by atoms with Crippen LogP contribution >= 0.6 is 0 Å². The highest BCUT2D eigenvalue weighted by molar-refractivity contribution is 5.94. The number of aliphatic hydroxyl groups is 1. The summed E-state index contributed by atoms with van der Waals surface area (Å²) >= 11 is 0. The molecule has 0 aromatic heterocycles. The van der Waals surface area contributed by atoms with Gasteiger partial charge in [0.1, 0.15) is 0 Å². The van der Waals surface area contributed by atoms with Crippen LogP contribution in [-0.4, -0.2) is 30.2 Å². The lowest BCUT2D eigenvalue weighted by molar-refractivity contribution is 0.0922. The highest BCUT2D eigenvalue weighted by atomic mass is 16.3. The predicted octanol–water partition coefficient (Wildman–Crippen LogP) is 2.01. The molecule has 0 saturated heterocycles. The predicted molar refractivity (Wildman–Crippen MR) is 76.3 cm³/mol. The maximum Gasteiger partial charge on any atom is 0.251 e. The molecule has 19 heavy (non-hydrogen) atoms. The smallest absolute Gasteiger partial charge is 0.251 e. The minimum Gasteiger partial charge on any atom is -0.394 e. The van der Waals surface area contributed by atoms with Gasteiger partial charge in [-0.25, -0.2) is 0 Å². The zero-order chi connectivity index (χ0) is 13.7. The van der Waals surface area contributed by atoms with Crippen molar-refractivity contribution < 1.29 is 9.90 Å². The lowest BCUT2D eigenvalue weighted by Crippen LogP contribution is -2.34. The SMILES string of the molecule is C[C@@H](CO)NC(=O)c1ccc(NCC2CCC2)cc1. The molecule has 1 aliphatic rings. The first kappa shape index (κ1) is 13.9. The fourth-order valence-electron chi connectivity index (χ4n) is 2.05. The molecule has 3 N–H and O–H groups in total. The van der Waals surface area contributed by atoms with E-state index < -0.39 is 0 Å². The second-order valence-corrected chi connectivity index (χ2v) is 5.31. The summed E-state index contributed by atoms with van der Waals surface area (Å²) in [6.07, 6.45) is 4.01. The van der Waals surface area contributed by atoms with Gasteiger partial charge in [-0.05, 0) is 49.9 Å². The van der Waals surface area contributed by atoms with Crippen molar-refractivity contribution in [1.82, 2.24) is 5.32 Å². The summed E-state index contributed by atoms with van der Waals surface area (Å²) in [5, 5.41) is 15.0. The fourth-order valence-corrected chi connectivity index (χ4v) is 2.05. The molecule has 4 nitrogen and oxygen atoms in total. The first-order valence-electron chi connectivity index (χ1n) is 6.94. The summed E-state index contributed by atoms with van der Waals surface area (Å²) in [5.74, 6) is 0.667. The van der Waals surface area contributed by atoms with E-state index in [0.717, 1.165) is 18.2 Å². The molecule has 1 amide bonds. The molecule has 1 atom stereocenters. The quantitative estimate of drug-likeness (QED) is 0.735. The highest BCUT2D eigenvalue weighted by Gasteiger charge is 2.16. The average Bonchev–Trinajstić information content (AvgIpc) is 2.37. The molecule has 0 spiro atoms. The Labute approximate surface area is 114 Å². The van der Waals surface area contributed by atoms with E-state index in [4.69, 9.17) is 5.11 Å². The maximum absolute atomic E-state index is 11.8. The van der Waals surface area contributed by atoms with Gasteiger partial charge in [-0.15, -0.1) is 0 Å². The van der Waals surface area contributed by atoms with Crippen LogP contribution in [0.15, 0.2) is 24.3 Å². The number of carbonyl (C=O) groups excluding carboxylic acids is 1. The topological polar surface area (TPSA) is 61.4 Å². The van der Waals surface area contributed by atoms with E-state index in [2.05, 4.69) is 10.6 Å². The van der Waals surface area contributed by atoms with Crippen molar-refractivity contribution >= 4 is 11.6 Å². The molecule has 0 unspecified atom stereocenters. The molecule has 1 saturated carbocycles. The van der Waals surface area contributed by atoms with Crippen LogP contribution in [0.5, 0.6) is 0 Å². The van der Waals surface area contributed by atoms with Gasteiger partial charge in [0.25, 0.3) is 5.91 Å². The largest absolute Gasteiger partial charge is 0.394 e. The molecular weight excluding hydrogens is 240 g/mol. The second kappa shape index (κ2) is 6.57. The molecule has 104 valence electrons. The Balaban J connectivity index is 1.84. The number of amides is 1. The second-order valence-electron chi connectivity index (χ2n) is 5.31. The number of nitrogens with one attached hydrogen (secondary N) is 2. The number of carbonyl (C=O) groups is 1. The lowest BCUT2D eigenvalue weighted by atomic mass is 9.85. The molecule has 0 heterocycles. The number of anilines is 1. The number of aliphatic hydroxyl groups excluding tert-OH is 1. The number of benzene rings is 1. The Bertz CT molecular complexity index is 413. The monoisotopic (exact) mass is 262 g/mol. The standard InChI is InChI=1S/C15H22N2O2/c1-11(10-18)17-15(19)13-5-7-14(8-6-13)16-9-12-3-2-4-12/h5-8,11-12,16,18H,2-4,9-10H2,1H3,(H,17,19)/t11-/m0/s1. The highest BCUT2D eigenvalue weighted by Crippen LogP contribution is 2.26. The lowest BCUT2D eigenvalue weighted by Gasteiger charge is -2.25. The Morgan fingerprint density at radius 2 is 2.05 bits per heavy atom. The van der Waals surface area contributed by atoms with Gasteiger partial charge in [-0.1, -0.05) is 6.42 Å². The van der Waals surface area contributed by atoms with Crippen molar-refractivity contribution in [2.24, 2.45) is 5.92 Å². The average molecular weight is 262 g/mol. The van der Waals surface area contributed by atoms with E-state index in [-0.39, 0.29) is 18.6 Å². The number of hydrogen-bond acceptors (Lipinski definition) is 3. The van der Waals surface area contributed by atoms with Crippen molar-refractivity contribution in [2.45, 2.75) is 32.2 Å². The van der Waals surface area contributed by atoms with Gasteiger partial charge in [0.2, 0.25) is 0 Å². The Kier molecular flexibility index (Phi) is 4.80. The van der Waals surface area contributed by atoms with Crippen molar-refractivity contribution in [3.63, 3.8) is 0 Å². The Hall–Kier alpha value is -1.55. The van der Waals surface area contributed by atoms with Gasteiger partial charge in [0.15, 0.2) is 0 Å². The third-order valence-corrected chi connectivity index (χ3v) is 3.62. The van der Waals surface area contributed by atoms with Crippen molar-refractivity contribution in [1.29, 1.82) is 0 Å². The van der Waals surface area contributed by atoms with Gasteiger partial charge in [0, 0.05) is 23.8 Å². The third kappa shape index (κ3) is 3.96. The number of rotatable bonds is 6. The summed E-state index contributed by atoms with van der Waals surface area (Å²) in [5.41, 5.74) is 1.67. The Morgan fingerprint density at radius 3 is 2.58 bits per heavy atom. The van der Waals surface area contributed by atoms with Crippen molar-refractivity contribution in [3.8, 4) is 0 Å². The number of hydrogen-bond donors (Lipinski definition) is 3. The van der Waals surface area contributed by atoms with Gasteiger partial charge in [0.05, 0.1) is 6.61 Å².